The third kappa shape index (κ3) is 5.64. The monoisotopic (exact) mass is 480 g/mol. The van der Waals surface area contributed by atoms with Crippen LogP contribution >= 0.6 is 11.3 Å². The van der Waals surface area contributed by atoms with Gasteiger partial charge in [-0.15, -0.1) is 11.3 Å². The summed E-state index contributed by atoms with van der Waals surface area (Å²) in [7, 11) is 1.64. The van der Waals surface area contributed by atoms with Crippen molar-refractivity contribution in [2.75, 3.05) is 32.2 Å². The molecule has 4 rings (SSSR count). The van der Waals surface area contributed by atoms with E-state index >= 15 is 0 Å². The molecule has 1 aliphatic heterocycles. The molecule has 1 fully saturated rings. The standard InChI is InChI=1S/C25H28N4O4S/c1-32-16-19-5-3-11-29(19)25(31)33-15-18-6-8-20-21(13-26)24(34-22(20)12-18)28-23(30)9-7-17-4-2-10-27-14-17/h2,4,7,9-10,14,18-19H,3,5-6,8,11-12,15-16H2,1H3,(H,28,30)/b9-7+. The third-order valence-corrected chi connectivity index (χ3v) is 7.41. The summed E-state index contributed by atoms with van der Waals surface area (Å²) < 4.78 is 10.9. The number of rotatable bonds is 7. The molecule has 2 unspecified atom stereocenters. The van der Waals surface area contributed by atoms with Crippen LogP contribution in [0.1, 0.15) is 40.8 Å². The van der Waals surface area contributed by atoms with E-state index in [1.807, 2.05) is 6.07 Å². The highest BCUT2D eigenvalue weighted by atomic mass is 32.1. The summed E-state index contributed by atoms with van der Waals surface area (Å²) in [5, 5.41) is 13.1. The number of carbonyl (C=O) groups is 2. The first-order valence-electron chi connectivity index (χ1n) is 11.4. The fourth-order valence-electron chi connectivity index (χ4n) is 4.52. The van der Waals surface area contributed by atoms with E-state index in [4.69, 9.17) is 9.47 Å². The zero-order chi connectivity index (χ0) is 23.9. The number of pyridine rings is 1. The lowest BCUT2D eigenvalue weighted by Crippen LogP contribution is -2.39. The number of methoxy groups -OCH3 is 1. The summed E-state index contributed by atoms with van der Waals surface area (Å²) in [6.07, 6.45) is 10.4. The molecule has 0 radical (unpaired) electrons. The molecule has 0 spiro atoms. The molecule has 8 nitrogen and oxygen atoms in total. The molecule has 1 N–H and O–H groups in total. The molecular weight excluding hydrogens is 452 g/mol. The summed E-state index contributed by atoms with van der Waals surface area (Å²) in [5.74, 6) is -0.0974. The van der Waals surface area contributed by atoms with E-state index in [9.17, 15) is 14.9 Å². The maximum Gasteiger partial charge on any atom is 0.410 e. The number of fused-ring (bicyclic) bond motifs is 1. The number of amides is 2. The minimum absolute atomic E-state index is 0.0873. The van der Waals surface area contributed by atoms with Crippen LogP contribution in [-0.2, 0) is 27.1 Å². The molecule has 1 aliphatic carbocycles. The van der Waals surface area contributed by atoms with Gasteiger partial charge in [0.1, 0.15) is 11.1 Å². The quantitative estimate of drug-likeness (QED) is 0.600. The van der Waals surface area contributed by atoms with Gasteiger partial charge in [-0.25, -0.2) is 4.79 Å². The number of nitriles is 1. The predicted molar refractivity (Wildman–Crippen MR) is 129 cm³/mol. The van der Waals surface area contributed by atoms with Gasteiger partial charge in [-0.2, -0.15) is 5.26 Å². The van der Waals surface area contributed by atoms with Crippen LogP contribution in [-0.4, -0.2) is 54.8 Å². The van der Waals surface area contributed by atoms with Crippen LogP contribution < -0.4 is 5.32 Å². The minimum atomic E-state index is -0.291. The molecule has 0 bridgehead atoms. The van der Waals surface area contributed by atoms with E-state index in [-0.39, 0.29) is 24.0 Å². The van der Waals surface area contributed by atoms with Gasteiger partial charge in [0.25, 0.3) is 0 Å². The highest BCUT2D eigenvalue weighted by Crippen LogP contribution is 2.39. The molecule has 2 aliphatic rings. The minimum Gasteiger partial charge on any atom is -0.449 e. The Hall–Kier alpha value is -3.22. The highest BCUT2D eigenvalue weighted by molar-refractivity contribution is 7.16. The van der Waals surface area contributed by atoms with Crippen molar-refractivity contribution >= 4 is 34.4 Å². The SMILES string of the molecule is COCC1CCCN1C(=O)OCC1CCc2c(sc(NC(=O)/C=C/c3cccnc3)c2C#N)C1. The van der Waals surface area contributed by atoms with Crippen LogP contribution in [0.15, 0.2) is 30.6 Å². The van der Waals surface area contributed by atoms with E-state index < -0.39 is 0 Å². The number of anilines is 1. The maximum absolute atomic E-state index is 12.6. The number of thiophene rings is 1. The molecule has 0 aromatic carbocycles. The van der Waals surface area contributed by atoms with Gasteiger partial charge in [0, 0.05) is 37.0 Å². The molecular formula is C25H28N4O4S. The van der Waals surface area contributed by atoms with Gasteiger partial charge in [0.15, 0.2) is 0 Å². The van der Waals surface area contributed by atoms with Crippen LogP contribution in [0.25, 0.3) is 6.08 Å². The van der Waals surface area contributed by atoms with Gasteiger partial charge in [0.2, 0.25) is 5.91 Å². The normalized spacial score (nSPS) is 19.6. The van der Waals surface area contributed by atoms with Crippen molar-refractivity contribution in [1.82, 2.24) is 9.88 Å². The van der Waals surface area contributed by atoms with Crippen molar-refractivity contribution in [3.8, 4) is 6.07 Å². The number of carbonyl (C=O) groups excluding carboxylic acids is 2. The third-order valence-electron chi connectivity index (χ3n) is 6.24. The number of aromatic nitrogens is 1. The van der Waals surface area contributed by atoms with Gasteiger partial charge in [-0.1, -0.05) is 6.07 Å². The molecule has 9 heteroatoms. The molecule has 2 atom stereocenters. The second-order valence-corrected chi connectivity index (χ2v) is 9.66. The average Bonchev–Trinajstić information content (AvgIpc) is 3.45. The Bertz CT molecular complexity index is 1090. The lowest BCUT2D eigenvalue weighted by atomic mass is 9.88. The van der Waals surface area contributed by atoms with Crippen LogP contribution in [0.4, 0.5) is 9.80 Å². The first-order valence-corrected chi connectivity index (χ1v) is 12.3. The average molecular weight is 481 g/mol. The summed E-state index contributed by atoms with van der Waals surface area (Å²) in [5.41, 5.74) is 2.36. The molecule has 2 amide bonds. The molecule has 2 aromatic heterocycles. The number of nitrogens with zero attached hydrogens (tertiary/aromatic N) is 3. The number of hydrogen-bond acceptors (Lipinski definition) is 7. The van der Waals surface area contributed by atoms with Crippen molar-refractivity contribution in [1.29, 1.82) is 5.26 Å². The fourth-order valence-corrected chi connectivity index (χ4v) is 5.83. The van der Waals surface area contributed by atoms with E-state index in [1.54, 1.807) is 36.5 Å². The van der Waals surface area contributed by atoms with Gasteiger partial charge < -0.3 is 19.7 Å². The molecule has 1 saturated heterocycles. The second kappa shape index (κ2) is 11.3. The van der Waals surface area contributed by atoms with Crippen molar-refractivity contribution in [2.45, 2.75) is 38.1 Å². The van der Waals surface area contributed by atoms with Gasteiger partial charge >= 0.3 is 6.09 Å². The van der Waals surface area contributed by atoms with Crippen LogP contribution in [0.2, 0.25) is 0 Å². The van der Waals surface area contributed by atoms with Gasteiger partial charge in [-0.3, -0.25) is 9.78 Å². The molecule has 3 heterocycles. The topological polar surface area (TPSA) is 105 Å². The fraction of sp³-hybridized carbons (Fsp3) is 0.440. The van der Waals surface area contributed by atoms with E-state index in [1.165, 1.54) is 17.4 Å². The van der Waals surface area contributed by atoms with E-state index in [0.717, 1.165) is 48.1 Å². The number of hydrogen-bond donors (Lipinski definition) is 1. The van der Waals surface area contributed by atoms with Crippen LogP contribution in [0.5, 0.6) is 0 Å². The molecule has 34 heavy (non-hydrogen) atoms. The summed E-state index contributed by atoms with van der Waals surface area (Å²) in [6, 6.07) is 6.00. The predicted octanol–water partition coefficient (Wildman–Crippen LogP) is 4.02. The lowest BCUT2D eigenvalue weighted by molar-refractivity contribution is -0.111. The van der Waals surface area contributed by atoms with Crippen LogP contribution in [0.3, 0.4) is 0 Å². The zero-order valence-electron chi connectivity index (χ0n) is 19.2. The van der Waals surface area contributed by atoms with Crippen molar-refractivity contribution in [3.05, 3.63) is 52.2 Å². The zero-order valence-corrected chi connectivity index (χ0v) is 20.0. The second-order valence-electron chi connectivity index (χ2n) is 8.56. The van der Waals surface area contributed by atoms with Gasteiger partial charge in [0.05, 0.1) is 24.8 Å². The first kappa shape index (κ1) is 23.9. The first-order chi connectivity index (χ1) is 16.6. The summed E-state index contributed by atoms with van der Waals surface area (Å²) in [6.45, 7) is 1.58. The lowest BCUT2D eigenvalue weighted by Gasteiger charge is -2.26. The maximum atomic E-state index is 12.6. The Kier molecular flexibility index (Phi) is 7.93. The molecule has 0 saturated carbocycles. The Balaban J connectivity index is 1.35. The number of nitrogens with one attached hydrogen (secondary N) is 1. The van der Waals surface area contributed by atoms with E-state index in [2.05, 4.69) is 16.4 Å². The molecule has 2 aromatic rings. The summed E-state index contributed by atoms with van der Waals surface area (Å²) in [4.78, 5) is 31.8. The summed E-state index contributed by atoms with van der Waals surface area (Å²) >= 11 is 1.44. The van der Waals surface area contributed by atoms with Crippen molar-refractivity contribution < 1.29 is 19.1 Å². The van der Waals surface area contributed by atoms with E-state index in [0.29, 0.717) is 30.3 Å². The Labute approximate surface area is 203 Å². The Morgan fingerprint density at radius 3 is 3.03 bits per heavy atom. The largest absolute Gasteiger partial charge is 0.449 e. The molecule has 178 valence electrons. The smallest absolute Gasteiger partial charge is 0.410 e. The van der Waals surface area contributed by atoms with Crippen molar-refractivity contribution in [3.63, 3.8) is 0 Å². The van der Waals surface area contributed by atoms with Crippen molar-refractivity contribution in [2.24, 2.45) is 5.92 Å². The van der Waals surface area contributed by atoms with Crippen LogP contribution in [0, 0.1) is 17.2 Å². The Morgan fingerprint density at radius 1 is 1.38 bits per heavy atom. The van der Waals surface area contributed by atoms with Gasteiger partial charge in [-0.05, 0) is 61.3 Å². The number of likely N-dealkylation sites (tertiary alicyclic amines) is 1. The number of ether oxygens (including phenoxy) is 2. The highest BCUT2D eigenvalue weighted by Gasteiger charge is 2.31. The Morgan fingerprint density at radius 2 is 2.26 bits per heavy atom.